The van der Waals surface area contributed by atoms with E-state index in [4.69, 9.17) is 16.3 Å². The second-order valence-electron chi connectivity index (χ2n) is 8.91. The summed E-state index contributed by atoms with van der Waals surface area (Å²) in [5.41, 5.74) is 3.63. The van der Waals surface area contributed by atoms with Crippen LogP contribution >= 0.6 is 11.6 Å². The summed E-state index contributed by atoms with van der Waals surface area (Å²) in [5.74, 6) is 0.216. The van der Waals surface area contributed by atoms with E-state index < -0.39 is 37.3 Å². The smallest absolute Gasteiger partial charge is 0.163 e. The fourth-order valence-corrected chi connectivity index (χ4v) is 5.14. The van der Waals surface area contributed by atoms with Gasteiger partial charge >= 0.3 is 0 Å². The first kappa shape index (κ1) is 23.1. The number of aromatic nitrogens is 1. The zero-order valence-electron chi connectivity index (χ0n) is 18.5. The number of nitrogens with zero attached hydrogens (tertiary/aromatic N) is 1. The number of aryl methyl sites for hydroxylation is 1. The molecule has 5 atom stereocenters. The molecule has 0 bridgehead atoms. The monoisotopic (exact) mass is 483 g/mol. The second-order valence-corrected chi connectivity index (χ2v) is 9.32. The zero-order chi connectivity index (χ0) is 24.1. The maximum Gasteiger partial charge on any atom is 0.163 e. The number of aromatic hydroxyl groups is 1. The Morgan fingerprint density at radius 1 is 0.941 bits per heavy atom. The number of aliphatic hydroxyl groups is 4. The molecule has 1 aliphatic heterocycles. The molecule has 8 heteroatoms. The van der Waals surface area contributed by atoms with Crippen molar-refractivity contribution in [1.29, 1.82) is 0 Å². The molecule has 0 aliphatic carbocycles. The summed E-state index contributed by atoms with van der Waals surface area (Å²) in [6, 6.07) is 15.0. The van der Waals surface area contributed by atoms with Crippen LogP contribution in [0.25, 0.3) is 21.7 Å². The molecule has 3 aromatic carbocycles. The third-order valence-corrected chi connectivity index (χ3v) is 6.94. The predicted molar refractivity (Wildman–Crippen MR) is 129 cm³/mol. The Morgan fingerprint density at radius 2 is 1.68 bits per heavy atom. The number of phenolic OH excluding ortho intramolecular Hbond substituents is 1. The lowest BCUT2D eigenvalue weighted by Gasteiger charge is -2.40. The van der Waals surface area contributed by atoms with Gasteiger partial charge in [0.05, 0.1) is 17.1 Å². The highest BCUT2D eigenvalue weighted by Gasteiger charge is 2.44. The number of halogens is 1. The van der Waals surface area contributed by atoms with Crippen molar-refractivity contribution in [3.05, 3.63) is 76.4 Å². The summed E-state index contributed by atoms with van der Waals surface area (Å²) in [4.78, 5) is 0. The van der Waals surface area contributed by atoms with E-state index in [-0.39, 0.29) is 5.75 Å². The Bertz CT molecular complexity index is 1370. The standard InChI is InChI=1S/C26H26ClNO6/c1-13-2-7-19(27)22-21(13)17(9-14-3-4-16-10-18(30)6-5-15(16)8-14)11-28(22)26-25(33)24(32)23(31)20(12-29)34-26/h2-8,10-11,20,23-26,29-33H,9,12H2,1H3/t20-,23-,24+,25-,26-/m1/s1. The summed E-state index contributed by atoms with van der Waals surface area (Å²) < 4.78 is 7.50. The molecule has 1 aromatic heterocycles. The summed E-state index contributed by atoms with van der Waals surface area (Å²) >= 11 is 6.60. The highest BCUT2D eigenvalue weighted by atomic mass is 35.5. The van der Waals surface area contributed by atoms with Gasteiger partial charge in [-0.05, 0) is 59.0 Å². The van der Waals surface area contributed by atoms with E-state index >= 15 is 0 Å². The molecule has 1 fully saturated rings. The third kappa shape index (κ3) is 3.84. The highest BCUT2D eigenvalue weighted by Crippen LogP contribution is 2.38. The molecule has 5 N–H and O–H groups in total. The van der Waals surface area contributed by atoms with Crippen molar-refractivity contribution in [2.24, 2.45) is 0 Å². The fourth-order valence-electron chi connectivity index (χ4n) is 4.88. The number of benzene rings is 3. The Labute approximate surface area is 201 Å². The Balaban J connectivity index is 1.61. The number of fused-ring (bicyclic) bond motifs is 2. The van der Waals surface area contributed by atoms with Crippen LogP contribution in [0.2, 0.25) is 5.02 Å². The van der Waals surface area contributed by atoms with Crippen LogP contribution in [0.3, 0.4) is 0 Å². The van der Waals surface area contributed by atoms with Gasteiger partial charge < -0.3 is 34.8 Å². The maximum absolute atomic E-state index is 10.7. The van der Waals surface area contributed by atoms with E-state index in [9.17, 15) is 25.5 Å². The van der Waals surface area contributed by atoms with Crippen LogP contribution in [0.4, 0.5) is 0 Å². The number of hydrogen-bond acceptors (Lipinski definition) is 6. The molecular weight excluding hydrogens is 458 g/mol. The summed E-state index contributed by atoms with van der Waals surface area (Å²) in [6.07, 6.45) is -4.01. The van der Waals surface area contributed by atoms with Crippen molar-refractivity contribution in [3.8, 4) is 5.75 Å². The minimum atomic E-state index is -1.49. The molecule has 0 spiro atoms. The fraction of sp³-hybridized carbons (Fsp3) is 0.308. The van der Waals surface area contributed by atoms with Crippen LogP contribution in [0.1, 0.15) is 22.9 Å². The van der Waals surface area contributed by atoms with Gasteiger partial charge in [-0.15, -0.1) is 0 Å². The quantitative estimate of drug-likeness (QED) is 0.305. The van der Waals surface area contributed by atoms with Crippen LogP contribution in [0.15, 0.2) is 54.7 Å². The molecule has 2 heterocycles. The van der Waals surface area contributed by atoms with Crippen molar-refractivity contribution in [2.75, 3.05) is 6.61 Å². The molecule has 4 aromatic rings. The summed E-state index contributed by atoms with van der Waals surface area (Å²) in [7, 11) is 0. The van der Waals surface area contributed by atoms with Crippen molar-refractivity contribution in [3.63, 3.8) is 0 Å². The van der Waals surface area contributed by atoms with Gasteiger partial charge in [-0.1, -0.05) is 41.9 Å². The lowest BCUT2D eigenvalue weighted by molar-refractivity contribution is -0.250. The normalized spacial score (nSPS) is 25.3. The van der Waals surface area contributed by atoms with Crippen LogP contribution in [-0.2, 0) is 11.2 Å². The molecule has 0 saturated carbocycles. The topological polar surface area (TPSA) is 115 Å². The van der Waals surface area contributed by atoms with E-state index in [1.54, 1.807) is 22.8 Å². The molecule has 7 nitrogen and oxygen atoms in total. The minimum absolute atomic E-state index is 0.216. The van der Waals surface area contributed by atoms with Crippen molar-refractivity contribution >= 4 is 33.3 Å². The average Bonchev–Trinajstić information content (AvgIpc) is 3.20. The lowest BCUT2D eigenvalue weighted by Crippen LogP contribution is -2.56. The molecule has 0 radical (unpaired) electrons. The van der Waals surface area contributed by atoms with Crippen LogP contribution in [0, 0.1) is 6.92 Å². The van der Waals surface area contributed by atoms with Crippen molar-refractivity contribution in [2.45, 2.75) is 44.0 Å². The van der Waals surface area contributed by atoms with Crippen LogP contribution in [0.5, 0.6) is 5.75 Å². The van der Waals surface area contributed by atoms with Gasteiger partial charge in [0.1, 0.15) is 30.2 Å². The van der Waals surface area contributed by atoms with Gasteiger partial charge in [-0.2, -0.15) is 0 Å². The van der Waals surface area contributed by atoms with Gasteiger partial charge in [-0.3, -0.25) is 0 Å². The second kappa shape index (κ2) is 8.85. The van der Waals surface area contributed by atoms with E-state index in [1.165, 1.54) is 0 Å². The van der Waals surface area contributed by atoms with Gasteiger partial charge in [0.2, 0.25) is 0 Å². The Hall–Kier alpha value is -2.65. The number of ether oxygens (including phenoxy) is 1. The molecule has 0 amide bonds. The lowest BCUT2D eigenvalue weighted by atomic mass is 9.98. The first-order valence-corrected chi connectivity index (χ1v) is 11.5. The Kier molecular flexibility index (Phi) is 6.02. The molecular formula is C26H26ClNO6. The van der Waals surface area contributed by atoms with Gasteiger partial charge in [0.15, 0.2) is 6.23 Å². The predicted octanol–water partition coefficient (Wildman–Crippen LogP) is 3.03. The van der Waals surface area contributed by atoms with E-state index in [0.717, 1.165) is 32.8 Å². The van der Waals surface area contributed by atoms with Gasteiger partial charge in [-0.25, -0.2) is 0 Å². The SMILES string of the molecule is Cc1ccc(Cl)c2c1c(Cc1ccc3cc(O)ccc3c1)cn2[C@@H]1O[C@H](CO)[C@@H](O)[C@H](O)[C@H]1O. The molecule has 0 unspecified atom stereocenters. The Morgan fingerprint density at radius 3 is 2.44 bits per heavy atom. The average molecular weight is 484 g/mol. The summed E-state index contributed by atoms with van der Waals surface area (Å²) in [6.45, 7) is 1.47. The van der Waals surface area contributed by atoms with Gasteiger partial charge in [0.25, 0.3) is 0 Å². The molecule has 34 heavy (non-hydrogen) atoms. The molecule has 1 saturated heterocycles. The van der Waals surface area contributed by atoms with Crippen molar-refractivity contribution in [1.82, 2.24) is 4.57 Å². The number of hydrogen-bond donors (Lipinski definition) is 5. The number of rotatable bonds is 4. The van der Waals surface area contributed by atoms with E-state index in [2.05, 4.69) is 6.07 Å². The zero-order valence-corrected chi connectivity index (χ0v) is 19.2. The van der Waals surface area contributed by atoms with Crippen molar-refractivity contribution < 1.29 is 30.3 Å². The maximum atomic E-state index is 10.7. The number of aliphatic hydroxyl groups excluding tert-OH is 4. The van der Waals surface area contributed by atoms with Crippen LogP contribution in [-0.4, -0.2) is 61.1 Å². The van der Waals surface area contributed by atoms with E-state index in [1.807, 2.05) is 37.4 Å². The van der Waals surface area contributed by atoms with Crippen LogP contribution < -0.4 is 0 Å². The molecule has 178 valence electrons. The molecule has 1 aliphatic rings. The van der Waals surface area contributed by atoms with E-state index in [0.29, 0.717) is 17.0 Å². The number of phenols is 1. The molecule has 5 rings (SSSR count). The van der Waals surface area contributed by atoms with Gasteiger partial charge in [0, 0.05) is 11.6 Å². The highest BCUT2D eigenvalue weighted by molar-refractivity contribution is 6.35. The third-order valence-electron chi connectivity index (χ3n) is 6.64. The first-order valence-electron chi connectivity index (χ1n) is 11.1. The minimum Gasteiger partial charge on any atom is -0.508 e. The first-order chi connectivity index (χ1) is 16.3. The largest absolute Gasteiger partial charge is 0.508 e. The summed E-state index contributed by atoms with van der Waals surface area (Å²) in [5, 5.41) is 53.9.